The van der Waals surface area contributed by atoms with E-state index in [1.165, 1.54) is 4.31 Å². The van der Waals surface area contributed by atoms with Crippen molar-refractivity contribution in [2.75, 3.05) is 32.7 Å². The quantitative estimate of drug-likeness (QED) is 0.818. The van der Waals surface area contributed by atoms with Crippen LogP contribution in [0.25, 0.3) is 0 Å². The van der Waals surface area contributed by atoms with Crippen LogP contribution in [0, 0.1) is 11.8 Å². The molecule has 1 amide bonds. The van der Waals surface area contributed by atoms with Gasteiger partial charge in [0.2, 0.25) is 5.91 Å². The number of likely N-dealkylation sites (tertiary alicyclic amines) is 1. The molecule has 2 heterocycles. The first-order chi connectivity index (χ1) is 9.38. The topological polar surface area (TPSA) is 69.7 Å². The van der Waals surface area contributed by atoms with Crippen LogP contribution in [0.2, 0.25) is 0 Å². The molecule has 7 heteroatoms. The fourth-order valence-electron chi connectivity index (χ4n) is 3.12. The molecule has 1 N–H and O–H groups in total. The molecule has 0 aromatic rings. The standard InChI is InChI=1S/C13H25N3O3S/c1-11-7-12(2)10-16(9-11)20(18,19)14-8-13(17)15-5-3-4-6-15/h11-12,14H,3-10H2,1-2H3. The molecule has 2 unspecified atom stereocenters. The average molecular weight is 303 g/mol. The fraction of sp³-hybridized carbons (Fsp3) is 0.923. The van der Waals surface area contributed by atoms with Gasteiger partial charge in [-0.2, -0.15) is 17.4 Å². The number of rotatable bonds is 4. The third-order valence-corrected chi connectivity index (χ3v) is 5.53. The first-order valence-electron chi connectivity index (χ1n) is 7.41. The van der Waals surface area contributed by atoms with Gasteiger partial charge < -0.3 is 4.90 Å². The molecular formula is C13H25N3O3S. The van der Waals surface area contributed by atoms with Gasteiger partial charge in [0, 0.05) is 26.2 Å². The highest BCUT2D eigenvalue weighted by molar-refractivity contribution is 7.87. The summed E-state index contributed by atoms with van der Waals surface area (Å²) in [6.45, 7) is 6.58. The largest absolute Gasteiger partial charge is 0.342 e. The van der Waals surface area contributed by atoms with Gasteiger partial charge >= 0.3 is 0 Å². The van der Waals surface area contributed by atoms with Crippen LogP contribution in [0.4, 0.5) is 0 Å². The van der Waals surface area contributed by atoms with Gasteiger partial charge in [-0.1, -0.05) is 13.8 Å². The second kappa shape index (κ2) is 6.41. The van der Waals surface area contributed by atoms with Gasteiger partial charge in [-0.25, -0.2) is 0 Å². The molecule has 0 aliphatic carbocycles. The van der Waals surface area contributed by atoms with Gasteiger partial charge in [0.25, 0.3) is 10.2 Å². The number of hydrogen-bond acceptors (Lipinski definition) is 3. The van der Waals surface area contributed by atoms with E-state index in [1.54, 1.807) is 4.90 Å². The van der Waals surface area contributed by atoms with Crippen molar-refractivity contribution in [2.24, 2.45) is 11.8 Å². The van der Waals surface area contributed by atoms with Crippen LogP contribution < -0.4 is 4.72 Å². The van der Waals surface area contributed by atoms with Crippen LogP contribution in [0.15, 0.2) is 0 Å². The number of carbonyl (C=O) groups excluding carboxylic acids is 1. The van der Waals surface area contributed by atoms with Gasteiger partial charge in [0.05, 0.1) is 6.54 Å². The zero-order valence-corrected chi connectivity index (χ0v) is 13.2. The van der Waals surface area contributed by atoms with Crippen LogP contribution in [-0.2, 0) is 15.0 Å². The maximum absolute atomic E-state index is 12.2. The molecule has 2 rings (SSSR count). The second-order valence-electron chi connectivity index (χ2n) is 6.18. The Labute approximate surface area is 121 Å². The lowest BCUT2D eigenvalue weighted by atomic mass is 9.94. The average Bonchev–Trinajstić information content (AvgIpc) is 2.88. The van der Waals surface area contributed by atoms with Crippen molar-refractivity contribution in [1.82, 2.24) is 13.9 Å². The number of amides is 1. The molecule has 116 valence electrons. The van der Waals surface area contributed by atoms with E-state index in [4.69, 9.17) is 0 Å². The number of hydrogen-bond donors (Lipinski definition) is 1. The number of nitrogens with zero attached hydrogens (tertiary/aromatic N) is 2. The third-order valence-electron chi connectivity index (χ3n) is 4.04. The lowest BCUT2D eigenvalue weighted by Gasteiger charge is -2.34. The maximum atomic E-state index is 12.2. The molecular weight excluding hydrogens is 278 g/mol. The monoisotopic (exact) mass is 303 g/mol. The lowest BCUT2D eigenvalue weighted by Crippen LogP contribution is -2.50. The van der Waals surface area contributed by atoms with Crippen molar-refractivity contribution in [2.45, 2.75) is 33.1 Å². The van der Waals surface area contributed by atoms with Crippen LogP contribution >= 0.6 is 0 Å². The highest BCUT2D eigenvalue weighted by Crippen LogP contribution is 2.22. The Morgan fingerprint density at radius 2 is 1.70 bits per heavy atom. The molecule has 0 spiro atoms. The van der Waals surface area contributed by atoms with Gasteiger partial charge in [-0.05, 0) is 31.1 Å². The summed E-state index contributed by atoms with van der Waals surface area (Å²) in [5, 5.41) is 0. The number of carbonyl (C=O) groups is 1. The van der Waals surface area contributed by atoms with E-state index in [1.807, 2.05) is 0 Å². The van der Waals surface area contributed by atoms with Crippen LogP contribution in [0.3, 0.4) is 0 Å². The Morgan fingerprint density at radius 3 is 2.25 bits per heavy atom. The van der Waals surface area contributed by atoms with E-state index in [0.717, 1.165) is 32.4 Å². The molecule has 2 atom stereocenters. The minimum atomic E-state index is -3.54. The first-order valence-corrected chi connectivity index (χ1v) is 8.85. The normalized spacial score (nSPS) is 28.8. The van der Waals surface area contributed by atoms with E-state index >= 15 is 0 Å². The van der Waals surface area contributed by atoms with E-state index in [-0.39, 0.29) is 12.5 Å². The predicted octanol–water partition coefficient (Wildman–Crippen LogP) is 0.421. The van der Waals surface area contributed by atoms with Crippen molar-refractivity contribution >= 4 is 16.1 Å². The molecule has 0 radical (unpaired) electrons. The molecule has 6 nitrogen and oxygen atoms in total. The van der Waals surface area contributed by atoms with Gasteiger partial charge in [0.1, 0.15) is 0 Å². The predicted molar refractivity (Wildman–Crippen MR) is 77.3 cm³/mol. The molecule has 0 bridgehead atoms. The number of piperidine rings is 1. The molecule has 2 saturated heterocycles. The SMILES string of the molecule is CC1CC(C)CN(S(=O)(=O)NCC(=O)N2CCCC2)C1. The van der Waals surface area contributed by atoms with E-state index < -0.39 is 10.2 Å². The summed E-state index contributed by atoms with van der Waals surface area (Å²) in [6.07, 6.45) is 3.08. The van der Waals surface area contributed by atoms with Crippen LogP contribution in [0.5, 0.6) is 0 Å². The van der Waals surface area contributed by atoms with E-state index in [0.29, 0.717) is 24.9 Å². The zero-order chi connectivity index (χ0) is 14.8. The van der Waals surface area contributed by atoms with Crippen LogP contribution in [-0.4, -0.2) is 56.3 Å². The number of nitrogens with one attached hydrogen (secondary N) is 1. The molecule has 2 aliphatic rings. The molecule has 0 aromatic heterocycles. The lowest BCUT2D eigenvalue weighted by molar-refractivity contribution is -0.128. The Morgan fingerprint density at radius 1 is 1.15 bits per heavy atom. The Kier molecular flexibility index (Phi) is 5.04. The highest BCUT2D eigenvalue weighted by atomic mass is 32.2. The molecule has 0 saturated carbocycles. The first kappa shape index (κ1) is 15.7. The summed E-state index contributed by atoms with van der Waals surface area (Å²) < 4.78 is 28.4. The molecule has 20 heavy (non-hydrogen) atoms. The fourth-order valence-corrected chi connectivity index (χ4v) is 4.51. The minimum Gasteiger partial charge on any atom is -0.342 e. The molecule has 0 aromatic carbocycles. The molecule has 2 aliphatic heterocycles. The highest BCUT2D eigenvalue weighted by Gasteiger charge is 2.31. The summed E-state index contributed by atoms with van der Waals surface area (Å²) in [5.41, 5.74) is 0. The molecule has 2 fully saturated rings. The van der Waals surface area contributed by atoms with Gasteiger partial charge in [-0.15, -0.1) is 0 Å². The Balaban J connectivity index is 1.88. The Bertz CT molecular complexity index is 436. The third kappa shape index (κ3) is 3.93. The van der Waals surface area contributed by atoms with E-state index in [9.17, 15) is 13.2 Å². The Hall–Kier alpha value is -0.660. The zero-order valence-electron chi connectivity index (χ0n) is 12.3. The second-order valence-corrected chi connectivity index (χ2v) is 7.93. The van der Waals surface area contributed by atoms with Crippen molar-refractivity contribution < 1.29 is 13.2 Å². The summed E-state index contributed by atoms with van der Waals surface area (Å²) in [7, 11) is -3.54. The van der Waals surface area contributed by atoms with Gasteiger partial charge in [0.15, 0.2) is 0 Å². The summed E-state index contributed by atoms with van der Waals surface area (Å²) in [4.78, 5) is 13.6. The van der Waals surface area contributed by atoms with Crippen molar-refractivity contribution in [3.8, 4) is 0 Å². The van der Waals surface area contributed by atoms with Crippen LogP contribution in [0.1, 0.15) is 33.1 Å². The minimum absolute atomic E-state index is 0.121. The summed E-state index contributed by atoms with van der Waals surface area (Å²) in [5.74, 6) is 0.610. The maximum Gasteiger partial charge on any atom is 0.279 e. The van der Waals surface area contributed by atoms with Crippen molar-refractivity contribution in [3.63, 3.8) is 0 Å². The van der Waals surface area contributed by atoms with Gasteiger partial charge in [-0.3, -0.25) is 4.79 Å². The smallest absolute Gasteiger partial charge is 0.279 e. The summed E-state index contributed by atoms with van der Waals surface area (Å²) >= 11 is 0. The van der Waals surface area contributed by atoms with Crippen molar-refractivity contribution in [3.05, 3.63) is 0 Å². The van der Waals surface area contributed by atoms with Crippen molar-refractivity contribution in [1.29, 1.82) is 0 Å². The summed E-state index contributed by atoms with van der Waals surface area (Å²) in [6, 6.07) is 0. The van der Waals surface area contributed by atoms with E-state index in [2.05, 4.69) is 18.6 Å².